The van der Waals surface area contributed by atoms with Crippen molar-refractivity contribution in [1.82, 2.24) is 10.9 Å². The number of carboxylic acid groups (broad SMARTS) is 1. The maximum atomic E-state index is 11.4. The van der Waals surface area contributed by atoms with Crippen LogP contribution in [0.5, 0.6) is 5.75 Å². The number of aromatic carboxylic acids is 1. The number of thiophene rings is 1. The van der Waals surface area contributed by atoms with Gasteiger partial charge in [0, 0.05) is 11.8 Å². The Bertz CT molecular complexity index is 559. The van der Waals surface area contributed by atoms with Gasteiger partial charge in [0.05, 0.1) is 0 Å². The summed E-state index contributed by atoms with van der Waals surface area (Å²) in [4.78, 5) is 34.1. The van der Waals surface area contributed by atoms with Crippen LogP contribution in [0.2, 0.25) is 0 Å². The van der Waals surface area contributed by atoms with E-state index in [2.05, 4.69) is 10.9 Å². The number of amides is 2. The van der Waals surface area contributed by atoms with Crippen LogP contribution in [0.3, 0.4) is 0 Å². The van der Waals surface area contributed by atoms with E-state index in [9.17, 15) is 14.4 Å². The van der Waals surface area contributed by atoms with Gasteiger partial charge < -0.3 is 9.84 Å². The smallest absolute Gasteiger partial charge is 0.349 e. The Morgan fingerprint density at radius 3 is 2.38 bits per heavy atom. The highest BCUT2D eigenvalue weighted by Gasteiger charge is 2.24. The summed E-state index contributed by atoms with van der Waals surface area (Å²) in [5, 5.41) is 9.16. The van der Waals surface area contributed by atoms with Crippen molar-refractivity contribution in [2.24, 2.45) is 0 Å². The first-order valence-corrected chi connectivity index (χ1v) is 6.98. The Morgan fingerprint density at radius 2 is 1.90 bits per heavy atom. The van der Waals surface area contributed by atoms with E-state index in [4.69, 9.17) is 9.84 Å². The van der Waals surface area contributed by atoms with Crippen molar-refractivity contribution in [3.8, 4) is 5.75 Å². The molecule has 0 aliphatic carbocycles. The summed E-state index contributed by atoms with van der Waals surface area (Å²) >= 11 is 1.12. The zero-order valence-electron chi connectivity index (χ0n) is 12.3. The third-order valence-corrected chi connectivity index (χ3v) is 3.90. The monoisotopic (exact) mass is 314 g/mol. The number of carbonyl (C=O) groups excluding carboxylic acids is 2. The standard InChI is InChI=1S/C13H18N2O5S/c1-7(16)14-15-10(17)6-20-8-5-9(13(2,3)4)21-11(8)12(18)19/h5H,6H2,1-4H3,(H,14,16)(H,15,17)(H,18,19). The SMILES string of the molecule is CC(=O)NNC(=O)COc1cc(C(C)(C)C)sc1C(=O)O. The number of rotatable bonds is 4. The van der Waals surface area contributed by atoms with Crippen molar-refractivity contribution in [2.45, 2.75) is 33.1 Å². The lowest BCUT2D eigenvalue weighted by molar-refractivity contribution is -0.129. The quantitative estimate of drug-likeness (QED) is 0.726. The second kappa shape index (κ2) is 6.57. The minimum absolute atomic E-state index is 0.0484. The number of hydrogen-bond donors (Lipinski definition) is 3. The fourth-order valence-electron chi connectivity index (χ4n) is 1.34. The topological polar surface area (TPSA) is 105 Å². The molecule has 8 heteroatoms. The second-order valence-electron chi connectivity index (χ2n) is 5.38. The summed E-state index contributed by atoms with van der Waals surface area (Å²) in [5.74, 6) is -1.95. The molecule has 0 aromatic carbocycles. The largest absolute Gasteiger partial charge is 0.482 e. The zero-order valence-corrected chi connectivity index (χ0v) is 13.1. The van der Waals surface area contributed by atoms with Crippen molar-refractivity contribution < 1.29 is 24.2 Å². The Kier molecular flexibility index (Phi) is 5.31. The molecule has 21 heavy (non-hydrogen) atoms. The van der Waals surface area contributed by atoms with Crippen LogP contribution < -0.4 is 15.6 Å². The van der Waals surface area contributed by atoms with Crippen LogP contribution in [-0.2, 0) is 15.0 Å². The Labute approximate surface area is 126 Å². The van der Waals surface area contributed by atoms with Gasteiger partial charge in [-0.05, 0) is 11.5 Å². The van der Waals surface area contributed by atoms with Gasteiger partial charge in [0.2, 0.25) is 5.91 Å². The van der Waals surface area contributed by atoms with Gasteiger partial charge in [-0.2, -0.15) is 0 Å². The molecule has 0 spiro atoms. The van der Waals surface area contributed by atoms with Crippen LogP contribution in [-0.4, -0.2) is 29.5 Å². The van der Waals surface area contributed by atoms with E-state index >= 15 is 0 Å². The molecular weight excluding hydrogens is 296 g/mol. The highest BCUT2D eigenvalue weighted by atomic mass is 32.1. The number of ether oxygens (including phenoxy) is 1. The molecule has 116 valence electrons. The van der Waals surface area contributed by atoms with E-state index in [1.807, 2.05) is 20.8 Å². The van der Waals surface area contributed by atoms with Gasteiger partial charge in [-0.15, -0.1) is 11.3 Å². The summed E-state index contributed by atoms with van der Waals surface area (Å²) in [6.45, 7) is 6.73. The van der Waals surface area contributed by atoms with Gasteiger partial charge in [-0.1, -0.05) is 20.8 Å². The lowest BCUT2D eigenvalue weighted by Gasteiger charge is -2.14. The fourth-order valence-corrected chi connectivity index (χ4v) is 2.34. The van der Waals surface area contributed by atoms with Crippen LogP contribution in [0.25, 0.3) is 0 Å². The summed E-state index contributed by atoms with van der Waals surface area (Å²) in [6.07, 6.45) is 0. The minimum Gasteiger partial charge on any atom is -0.482 e. The molecule has 2 amide bonds. The predicted molar refractivity (Wildman–Crippen MR) is 77.4 cm³/mol. The Balaban J connectivity index is 2.78. The normalized spacial score (nSPS) is 10.9. The molecule has 1 rings (SSSR count). The molecule has 0 aliphatic heterocycles. The number of carboxylic acids is 1. The second-order valence-corrected chi connectivity index (χ2v) is 6.43. The summed E-state index contributed by atoms with van der Waals surface area (Å²) in [6, 6.07) is 1.62. The van der Waals surface area contributed by atoms with Crippen LogP contribution in [0.4, 0.5) is 0 Å². The molecule has 0 radical (unpaired) electrons. The van der Waals surface area contributed by atoms with Crippen molar-refractivity contribution in [3.63, 3.8) is 0 Å². The molecule has 3 N–H and O–H groups in total. The van der Waals surface area contributed by atoms with Crippen molar-refractivity contribution in [1.29, 1.82) is 0 Å². The lowest BCUT2D eigenvalue weighted by Crippen LogP contribution is -2.42. The molecule has 0 saturated heterocycles. The van der Waals surface area contributed by atoms with E-state index < -0.39 is 17.8 Å². The number of nitrogens with one attached hydrogen (secondary N) is 2. The average Bonchev–Trinajstić information content (AvgIpc) is 2.77. The van der Waals surface area contributed by atoms with Gasteiger partial charge in [-0.25, -0.2) is 4.79 Å². The summed E-state index contributed by atoms with van der Waals surface area (Å²) in [7, 11) is 0. The van der Waals surface area contributed by atoms with Crippen molar-refractivity contribution in [2.75, 3.05) is 6.61 Å². The molecule has 0 atom stereocenters. The first-order chi connectivity index (χ1) is 9.61. The molecular formula is C13H18N2O5S. The zero-order chi connectivity index (χ0) is 16.2. The summed E-state index contributed by atoms with van der Waals surface area (Å²) in [5.41, 5.74) is 4.03. The van der Waals surface area contributed by atoms with E-state index in [0.29, 0.717) is 0 Å². The van der Waals surface area contributed by atoms with Crippen LogP contribution in [0, 0.1) is 0 Å². The molecule has 0 unspecified atom stereocenters. The maximum Gasteiger partial charge on any atom is 0.349 e. The number of hydrogen-bond acceptors (Lipinski definition) is 5. The molecule has 1 aromatic rings. The first kappa shape index (κ1) is 17.0. The highest BCUT2D eigenvalue weighted by molar-refractivity contribution is 7.14. The molecule has 7 nitrogen and oxygen atoms in total. The van der Waals surface area contributed by atoms with Gasteiger partial charge in [-0.3, -0.25) is 20.4 Å². The summed E-state index contributed by atoms with van der Waals surface area (Å²) < 4.78 is 5.23. The molecule has 1 heterocycles. The van der Waals surface area contributed by atoms with Crippen LogP contribution in [0.15, 0.2) is 6.07 Å². The third-order valence-electron chi connectivity index (χ3n) is 2.37. The Morgan fingerprint density at radius 1 is 1.29 bits per heavy atom. The highest BCUT2D eigenvalue weighted by Crippen LogP contribution is 2.36. The van der Waals surface area contributed by atoms with E-state index in [0.717, 1.165) is 16.2 Å². The van der Waals surface area contributed by atoms with E-state index in [1.165, 1.54) is 6.92 Å². The molecule has 0 fully saturated rings. The van der Waals surface area contributed by atoms with Crippen molar-refractivity contribution in [3.05, 3.63) is 15.8 Å². The number of carbonyl (C=O) groups is 3. The molecule has 0 aliphatic rings. The average molecular weight is 314 g/mol. The Hall–Kier alpha value is -2.09. The van der Waals surface area contributed by atoms with Gasteiger partial charge in [0.25, 0.3) is 5.91 Å². The maximum absolute atomic E-state index is 11.4. The van der Waals surface area contributed by atoms with Crippen molar-refractivity contribution >= 4 is 29.1 Å². The fraction of sp³-hybridized carbons (Fsp3) is 0.462. The minimum atomic E-state index is -1.10. The lowest BCUT2D eigenvalue weighted by atomic mass is 9.95. The molecule has 0 saturated carbocycles. The van der Waals surface area contributed by atoms with Crippen LogP contribution in [0.1, 0.15) is 42.2 Å². The van der Waals surface area contributed by atoms with Gasteiger partial charge in [0.15, 0.2) is 11.5 Å². The first-order valence-electron chi connectivity index (χ1n) is 6.17. The van der Waals surface area contributed by atoms with Gasteiger partial charge in [0.1, 0.15) is 5.75 Å². The number of hydrazine groups is 1. The van der Waals surface area contributed by atoms with E-state index in [-0.39, 0.29) is 22.6 Å². The predicted octanol–water partition coefficient (Wildman–Crippen LogP) is 1.29. The molecule has 0 bridgehead atoms. The molecule has 1 aromatic heterocycles. The third kappa shape index (κ3) is 5.07. The van der Waals surface area contributed by atoms with Gasteiger partial charge >= 0.3 is 5.97 Å². The van der Waals surface area contributed by atoms with E-state index in [1.54, 1.807) is 6.07 Å². The van der Waals surface area contributed by atoms with Crippen LogP contribution >= 0.6 is 11.3 Å².